The fraction of sp³-hybridized carbons (Fsp3) is 0.393. The summed E-state index contributed by atoms with van der Waals surface area (Å²) in [5.41, 5.74) is 4.14. The van der Waals surface area contributed by atoms with Gasteiger partial charge in [-0.25, -0.2) is 9.97 Å². The first-order chi connectivity index (χ1) is 17.9. The van der Waals surface area contributed by atoms with E-state index in [1.54, 1.807) is 7.11 Å². The van der Waals surface area contributed by atoms with E-state index in [9.17, 15) is 4.79 Å². The van der Waals surface area contributed by atoms with Gasteiger partial charge in [0.1, 0.15) is 18.0 Å². The fourth-order valence-corrected chi connectivity index (χ4v) is 4.46. The maximum absolute atomic E-state index is 11.8. The van der Waals surface area contributed by atoms with E-state index in [1.165, 1.54) is 17.5 Å². The number of H-pyrrole nitrogens is 1. The first-order valence-corrected chi connectivity index (χ1v) is 12.9. The number of methoxy groups -OCH3 is 1. The zero-order chi connectivity index (χ0) is 26.4. The molecule has 1 aromatic carbocycles. The third-order valence-electron chi connectivity index (χ3n) is 6.79. The molecule has 9 heteroatoms. The number of fused-ring (bicyclic) bond motifs is 1. The number of aryl methyl sites for hydroxylation is 1. The molecule has 0 spiro atoms. The van der Waals surface area contributed by atoms with Gasteiger partial charge in [0, 0.05) is 31.0 Å². The Kier molecular flexibility index (Phi) is 8.71. The van der Waals surface area contributed by atoms with Crippen LogP contribution in [0.25, 0.3) is 17.0 Å². The number of hydrogen-bond donors (Lipinski definition) is 1. The Balaban J connectivity index is 1.48. The summed E-state index contributed by atoms with van der Waals surface area (Å²) in [5.74, 6) is 2.65. The highest BCUT2D eigenvalue weighted by molar-refractivity contribution is 6.27. The van der Waals surface area contributed by atoms with E-state index in [0.29, 0.717) is 54.3 Å². The van der Waals surface area contributed by atoms with Crippen molar-refractivity contribution >= 4 is 34.5 Å². The minimum Gasteiger partial charge on any atom is -0.493 e. The quantitative estimate of drug-likeness (QED) is 0.228. The number of halogens is 1. The number of carbonyl (C=O) groups excluding carboxylic acids is 1. The van der Waals surface area contributed by atoms with E-state index < -0.39 is 0 Å². The number of likely N-dealkylation sites (tertiary alicyclic amines) is 1. The van der Waals surface area contributed by atoms with E-state index in [2.05, 4.69) is 28.8 Å². The number of aromatic amines is 1. The molecule has 3 aromatic rings. The second-order valence-electron chi connectivity index (χ2n) is 9.10. The van der Waals surface area contributed by atoms with Gasteiger partial charge in [-0.05, 0) is 75.0 Å². The topological polar surface area (TPSA) is 89.6 Å². The number of benzene rings is 1. The van der Waals surface area contributed by atoms with Crippen LogP contribution in [0.1, 0.15) is 36.6 Å². The monoisotopic (exact) mass is 524 g/mol. The second-order valence-corrected chi connectivity index (χ2v) is 9.37. The van der Waals surface area contributed by atoms with Gasteiger partial charge >= 0.3 is 0 Å². The summed E-state index contributed by atoms with van der Waals surface area (Å²) in [5, 5.41) is 0.722. The number of ether oxygens (including phenoxy) is 3. The molecular weight excluding hydrogens is 492 g/mol. The number of alkyl halides is 1. The van der Waals surface area contributed by atoms with Crippen LogP contribution in [0.3, 0.4) is 0 Å². The Morgan fingerprint density at radius 1 is 1.22 bits per heavy atom. The predicted octanol–water partition coefficient (Wildman–Crippen LogP) is 5.44. The van der Waals surface area contributed by atoms with Crippen molar-refractivity contribution in [2.75, 3.05) is 32.7 Å². The second kappa shape index (κ2) is 12.1. The molecule has 1 aliphatic rings. The van der Waals surface area contributed by atoms with Crippen LogP contribution in [0.2, 0.25) is 0 Å². The Labute approximate surface area is 222 Å². The molecule has 1 aliphatic heterocycles. The molecule has 1 fully saturated rings. The molecular formula is C28H33ClN4O4. The van der Waals surface area contributed by atoms with Gasteiger partial charge < -0.3 is 24.1 Å². The van der Waals surface area contributed by atoms with E-state index in [-0.39, 0.29) is 11.8 Å². The zero-order valence-corrected chi connectivity index (χ0v) is 22.5. The van der Waals surface area contributed by atoms with Crippen molar-refractivity contribution in [3.05, 3.63) is 59.4 Å². The third-order valence-corrected chi connectivity index (χ3v) is 7.02. The summed E-state index contributed by atoms with van der Waals surface area (Å²) in [6, 6.07) is 3.70. The number of hydrogen-bond acceptors (Lipinski definition) is 6. The normalized spacial score (nSPS) is 14.9. The lowest BCUT2D eigenvalue weighted by atomic mass is 9.98. The van der Waals surface area contributed by atoms with Crippen LogP contribution in [0.4, 0.5) is 0 Å². The SMILES string of the molecule is C/C=C(\C=C/c1[nH]cc(C)c1C)Oc1ncnc2cc(OCC3CCN(C(=O)CCl)CC3)c(OC)cc12. The highest BCUT2D eigenvalue weighted by Gasteiger charge is 2.23. The number of nitrogens with zero attached hydrogens (tertiary/aromatic N) is 3. The van der Waals surface area contributed by atoms with Crippen molar-refractivity contribution in [3.8, 4) is 17.4 Å². The molecule has 4 rings (SSSR count). The minimum atomic E-state index is -0.0129. The van der Waals surface area contributed by atoms with Crippen molar-refractivity contribution in [1.82, 2.24) is 19.9 Å². The average molecular weight is 525 g/mol. The zero-order valence-electron chi connectivity index (χ0n) is 21.7. The lowest BCUT2D eigenvalue weighted by molar-refractivity contribution is -0.130. The Bertz CT molecular complexity index is 1310. The van der Waals surface area contributed by atoms with Crippen molar-refractivity contribution in [2.45, 2.75) is 33.6 Å². The standard InChI is InChI=1S/C28H33ClN4O4/c1-5-21(6-7-23-19(3)18(2)15-30-23)37-28-22-12-25(35-4)26(13-24(22)31-17-32-28)36-16-20-8-10-33(11-9-20)27(34)14-29/h5-7,12-13,15,17,20,30H,8-11,14,16H2,1-4H3/b7-6-,21-5+. The molecule has 0 aliphatic carbocycles. The molecule has 0 unspecified atom stereocenters. The van der Waals surface area contributed by atoms with E-state index >= 15 is 0 Å². The number of nitrogens with one attached hydrogen (secondary N) is 1. The predicted molar refractivity (Wildman–Crippen MR) is 145 cm³/mol. The summed E-state index contributed by atoms with van der Waals surface area (Å²) >= 11 is 5.68. The van der Waals surface area contributed by atoms with E-state index in [4.69, 9.17) is 25.8 Å². The van der Waals surface area contributed by atoms with Crippen LogP contribution in [0.15, 0.2) is 42.6 Å². The highest BCUT2D eigenvalue weighted by Crippen LogP contribution is 2.36. The molecule has 0 radical (unpaired) electrons. The molecule has 37 heavy (non-hydrogen) atoms. The molecule has 0 bridgehead atoms. The highest BCUT2D eigenvalue weighted by atomic mass is 35.5. The molecule has 0 atom stereocenters. The minimum absolute atomic E-state index is 0.0129. The number of rotatable bonds is 9. The number of aromatic nitrogens is 3. The fourth-order valence-electron chi connectivity index (χ4n) is 4.29. The van der Waals surface area contributed by atoms with Gasteiger partial charge in [0.05, 0.1) is 24.6 Å². The first-order valence-electron chi connectivity index (χ1n) is 12.4. The third kappa shape index (κ3) is 6.25. The van der Waals surface area contributed by atoms with Crippen molar-refractivity contribution in [1.29, 1.82) is 0 Å². The van der Waals surface area contributed by atoms with Gasteiger partial charge in [-0.2, -0.15) is 0 Å². The van der Waals surface area contributed by atoms with E-state index in [1.807, 2.05) is 48.4 Å². The van der Waals surface area contributed by atoms with Gasteiger partial charge in [-0.15, -0.1) is 11.6 Å². The van der Waals surface area contributed by atoms with Gasteiger partial charge in [0.25, 0.3) is 0 Å². The number of carbonyl (C=O) groups is 1. The van der Waals surface area contributed by atoms with Crippen LogP contribution in [-0.2, 0) is 4.79 Å². The summed E-state index contributed by atoms with van der Waals surface area (Å²) < 4.78 is 17.9. The molecule has 0 saturated carbocycles. The van der Waals surface area contributed by atoms with Crippen LogP contribution in [0, 0.1) is 19.8 Å². The van der Waals surface area contributed by atoms with Crippen molar-refractivity contribution < 1.29 is 19.0 Å². The molecule has 8 nitrogen and oxygen atoms in total. The molecule has 2 aromatic heterocycles. The lowest BCUT2D eigenvalue weighted by Gasteiger charge is -2.31. The molecule has 196 valence electrons. The summed E-state index contributed by atoms with van der Waals surface area (Å²) in [6.45, 7) is 8.00. The van der Waals surface area contributed by atoms with Crippen LogP contribution >= 0.6 is 11.6 Å². The molecule has 1 N–H and O–H groups in total. The summed E-state index contributed by atoms with van der Waals surface area (Å²) in [6.07, 6.45) is 11.0. The first kappa shape index (κ1) is 26.5. The van der Waals surface area contributed by atoms with Gasteiger partial charge in [-0.3, -0.25) is 4.79 Å². The van der Waals surface area contributed by atoms with Crippen molar-refractivity contribution in [3.63, 3.8) is 0 Å². The maximum Gasteiger partial charge on any atom is 0.237 e. The maximum atomic E-state index is 11.8. The largest absolute Gasteiger partial charge is 0.493 e. The average Bonchev–Trinajstić information content (AvgIpc) is 3.25. The number of piperidine rings is 1. The van der Waals surface area contributed by atoms with Gasteiger partial charge in [0.15, 0.2) is 11.5 Å². The molecule has 1 amide bonds. The van der Waals surface area contributed by atoms with Gasteiger partial charge in [0.2, 0.25) is 11.8 Å². The smallest absolute Gasteiger partial charge is 0.237 e. The summed E-state index contributed by atoms with van der Waals surface area (Å²) in [4.78, 5) is 25.7. The van der Waals surface area contributed by atoms with Crippen LogP contribution in [-0.4, -0.2) is 58.4 Å². The Hall–Kier alpha value is -3.52. The van der Waals surface area contributed by atoms with Crippen molar-refractivity contribution in [2.24, 2.45) is 5.92 Å². The number of allylic oxidation sites excluding steroid dienone is 2. The molecule has 3 heterocycles. The number of amides is 1. The van der Waals surface area contributed by atoms with E-state index in [0.717, 1.165) is 23.9 Å². The lowest BCUT2D eigenvalue weighted by Crippen LogP contribution is -2.40. The van der Waals surface area contributed by atoms with Crippen LogP contribution < -0.4 is 14.2 Å². The van der Waals surface area contributed by atoms with Crippen LogP contribution in [0.5, 0.6) is 17.4 Å². The summed E-state index contributed by atoms with van der Waals surface area (Å²) in [7, 11) is 1.61. The molecule has 1 saturated heterocycles. The van der Waals surface area contributed by atoms with Gasteiger partial charge in [-0.1, -0.05) is 0 Å². The Morgan fingerprint density at radius 3 is 2.65 bits per heavy atom. The Morgan fingerprint density at radius 2 is 2.00 bits per heavy atom.